The molecule has 2 aromatic rings. The van der Waals surface area contributed by atoms with Gasteiger partial charge in [-0.05, 0) is 12.5 Å². The largest absolute Gasteiger partial charge is 0.492 e. The second kappa shape index (κ2) is 5.13. The molecule has 2 aliphatic rings. The molecule has 1 saturated heterocycles. The molecule has 6 heteroatoms. The number of aromatic nitrogens is 2. The zero-order valence-corrected chi connectivity index (χ0v) is 11.6. The summed E-state index contributed by atoms with van der Waals surface area (Å²) in [5.74, 6) is 2.14. The van der Waals surface area contributed by atoms with Crippen molar-refractivity contribution in [2.75, 3.05) is 19.8 Å². The normalized spacial score (nSPS) is 28.1. The highest BCUT2D eigenvalue weighted by Gasteiger charge is 2.33. The number of nitrogens with two attached hydrogens (primary N) is 1. The molecule has 1 fully saturated rings. The Labute approximate surface area is 122 Å². The van der Waals surface area contributed by atoms with Gasteiger partial charge in [0.1, 0.15) is 12.4 Å². The van der Waals surface area contributed by atoms with Crippen LogP contribution in [0.4, 0.5) is 0 Å². The Hall–Kier alpha value is -1.92. The molecule has 3 atom stereocenters. The SMILES string of the molecule is NC1CCOCC1c1nc(C2COc3ccccc32)no1. The molecule has 6 nitrogen and oxygen atoms in total. The van der Waals surface area contributed by atoms with Crippen molar-refractivity contribution in [3.8, 4) is 5.75 Å². The average molecular weight is 287 g/mol. The van der Waals surface area contributed by atoms with Crippen LogP contribution in [0, 0.1) is 0 Å². The fourth-order valence-corrected chi connectivity index (χ4v) is 2.92. The third kappa shape index (κ3) is 2.20. The van der Waals surface area contributed by atoms with E-state index in [1.54, 1.807) is 0 Å². The van der Waals surface area contributed by atoms with Crippen LogP contribution in [0.2, 0.25) is 0 Å². The lowest BCUT2D eigenvalue weighted by molar-refractivity contribution is 0.0590. The maximum absolute atomic E-state index is 6.12. The van der Waals surface area contributed by atoms with Crippen LogP contribution in [0.15, 0.2) is 28.8 Å². The molecule has 2 N–H and O–H groups in total. The van der Waals surface area contributed by atoms with Gasteiger partial charge in [-0.15, -0.1) is 0 Å². The van der Waals surface area contributed by atoms with E-state index < -0.39 is 0 Å². The fraction of sp³-hybridized carbons (Fsp3) is 0.467. The van der Waals surface area contributed by atoms with Crippen molar-refractivity contribution in [2.45, 2.75) is 24.3 Å². The van der Waals surface area contributed by atoms with Gasteiger partial charge in [-0.2, -0.15) is 4.98 Å². The molecule has 0 bridgehead atoms. The van der Waals surface area contributed by atoms with Gasteiger partial charge >= 0.3 is 0 Å². The van der Waals surface area contributed by atoms with Gasteiger partial charge in [0.25, 0.3) is 0 Å². The lowest BCUT2D eigenvalue weighted by Crippen LogP contribution is -2.37. The smallest absolute Gasteiger partial charge is 0.233 e. The highest BCUT2D eigenvalue weighted by molar-refractivity contribution is 5.42. The first-order chi connectivity index (χ1) is 10.3. The fourth-order valence-electron chi connectivity index (χ4n) is 2.92. The molecule has 110 valence electrons. The Morgan fingerprint density at radius 3 is 3.00 bits per heavy atom. The minimum absolute atomic E-state index is 0.0131. The summed E-state index contributed by atoms with van der Waals surface area (Å²) >= 11 is 0. The first-order valence-corrected chi connectivity index (χ1v) is 7.21. The third-order valence-corrected chi connectivity index (χ3v) is 4.20. The van der Waals surface area contributed by atoms with Crippen LogP contribution in [0.5, 0.6) is 5.75 Å². The van der Waals surface area contributed by atoms with E-state index >= 15 is 0 Å². The Bertz CT molecular complexity index is 643. The Kier molecular flexibility index (Phi) is 3.12. The Morgan fingerprint density at radius 2 is 2.10 bits per heavy atom. The summed E-state index contributed by atoms with van der Waals surface area (Å²) in [7, 11) is 0. The summed E-state index contributed by atoms with van der Waals surface area (Å²) < 4.78 is 16.6. The predicted octanol–water partition coefficient (Wildman–Crippen LogP) is 1.43. The van der Waals surface area contributed by atoms with Crippen molar-refractivity contribution < 1.29 is 14.0 Å². The molecule has 1 aromatic heterocycles. The van der Waals surface area contributed by atoms with Gasteiger partial charge in [0, 0.05) is 18.2 Å². The number of nitrogens with zero attached hydrogens (tertiary/aromatic N) is 2. The van der Waals surface area contributed by atoms with Crippen LogP contribution >= 0.6 is 0 Å². The van der Waals surface area contributed by atoms with E-state index in [0.29, 0.717) is 31.5 Å². The number of fused-ring (bicyclic) bond motifs is 1. The number of rotatable bonds is 2. The number of para-hydroxylation sites is 1. The van der Waals surface area contributed by atoms with Gasteiger partial charge in [0.05, 0.1) is 18.4 Å². The van der Waals surface area contributed by atoms with Crippen molar-refractivity contribution in [3.05, 3.63) is 41.5 Å². The maximum Gasteiger partial charge on any atom is 0.233 e. The van der Waals surface area contributed by atoms with E-state index in [4.69, 9.17) is 19.7 Å². The van der Waals surface area contributed by atoms with Crippen LogP contribution in [-0.2, 0) is 4.74 Å². The summed E-state index contributed by atoms with van der Waals surface area (Å²) in [4.78, 5) is 4.55. The van der Waals surface area contributed by atoms with Crippen molar-refractivity contribution in [1.82, 2.24) is 10.1 Å². The standard InChI is InChI=1S/C15H17N3O3/c16-12-5-6-19-7-11(12)15-17-14(18-21-15)10-8-20-13-4-2-1-3-9(10)13/h1-4,10-12H,5-8,16H2. The Morgan fingerprint density at radius 1 is 1.19 bits per heavy atom. The number of benzene rings is 1. The molecule has 21 heavy (non-hydrogen) atoms. The lowest BCUT2D eigenvalue weighted by atomic mass is 9.96. The van der Waals surface area contributed by atoms with Crippen molar-refractivity contribution in [2.24, 2.45) is 5.73 Å². The predicted molar refractivity (Wildman–Crippen MR) is 74.2 cm³/mol. The highest BCUT2D eigenvalue weighted by Crippen LogP contribution is 2.37. The molecule has 0 amide bonds. The molecule has 3 unspecified atom stereocenters. The molecule has 0 aliphatic carbocycles. The van der Waals surface area contributed by atoms with Gasteiger partial charge in [-0.25, -0.2) is 0 Å². The van der Waals surface area contributed by atoms with E-state index in [1.807, 2.05) is 24.3 Å². The van der Waals surface area contributed by atoms with Crippen molar-refractivity contribution in [3.63, 3.8) is 0 Å². The van der Waals surface area contributed by atoms with Crippen LogP contribution in [-0.4, -0.2) is 36.0 Å². The summed E-state index contributed by atoms with van der Waals surface area (Å²) in [6.07, 6.45) is 0.817. The summed E-state index contributed by atoms with van der Waals surface area (Å²) in [6.45, 7) is 1.79. The molecular formula is C15H17N3O3. The highest BCUT2D eigenvalue weighted by atomic mass is 16.5. The van der Waals surface area contributed by atoms with Crippen molar-refractivity contribution in [1.29, 1.82) is 0 Å². The van der Waals surface area contributed by atoms with E-state index in [0.717, 1.165) is 17.7 Å². The minimum atomic E-state index is -0.0161. The molecule has 1 aromatic carbocycles. The first-order valence-electron chi connectivity index (χ1n) is 7.21. The van der Waals surface area contributed by atoms with Crippen LogP contribution in [0.25, 0.3) is 0 Å². The van der Waals surface area contributed by atoms with Gasteiger partial charge in [0.15, 0.2) is 5.82 Å². The molecule has 3 heterocycles. The summed E-state index contributed by atoms with van der Waals surface area (Å²) in [5, 5.41) is 4.13. The van der Waals surface area contributed by atoms with Gasteiger partial charge in [0.2, 0.25) is 5.89 Å². The first kappa shape index (κ1) is 12.8. The van der Waals surface area contributed by atoms with Crippen molar-refractivity contribution >= 4 is 0 Å². The number of hydrogen-bond acceptors (Lipinski definition) is 6. The maximum atomic E-state index is 6.12. The topological polar surface area (TPSA) is 83.4 Å². The van der Waals surface area contributed by atoms with Gasteiger partial charge < -0.3 is 19.7 Å². The molecule has 0 radical (unpaired) electrons. The lowest BCUT2D eigenvalue weighted by Gasteiger charge is -2.25. The number of ether oxygens (including phenoxy) is 2. The minimum Gasteiger partial charge on any atom is -0.492 e. The monoisotopic (exact) mass is 287 g/mol. The summed E-state index contributed by atoms with van der Waals surface area (Å²) in [5.41, 5.74) is 7.22. The third-order valence-electron chi connectivity index (χ3n) is 4.20. The zero-order valence-electron chi connectivity index (χ0n) is 11.6. The number of hydrogen-bond donors (Lipinski definition) is 1. The molecule has 2 aliphatic heterocycles. The molecule has 0 saturated carbocycles. The zero-order chi connectivity index (χ0) is 14.2. The van der Waals surface area contributed by atoms with Crippen LogP contribution < -0.4 is 10.5 Å². The van der Waals surface area contributed by atoms with E-state index in [9.17, 15) is 0 Å². The van der Waals surface area contributed by atoms with E-state index in [2.05, 4.69) is 10.1 Å². The van der Waals surface area contributed by atoms with Crippen LogP contribution in [0.1, 0.15) is 35.5 Å². The quantitative estimate of drug-likeness (QED) is 0.899. The molecule has 4 rings (SSSR count). The van der Waals surface area contributed by atoms with Gasteiger partial charge in [-0.1, -0.05) is 23.4 Å². The second-order valence-corrected chi connectivity index (χ2v) is 5.53. The van der Waals surface area contributed by atoms with E-state index in [1.165, 1.54) is 0 Å². The Balaban J connectivity index is 1.61. The second-order valence-electron chi connectivity index (χ2n) is 5.53. The average Bonchev–Trinajstić information content (AvgIpc) is 3.14. The van der Waals surface area contributed by atoms with Gasteiger partial charge in [-0.3, -0.25) is 0 Å². The molecular weight excluding hydrogens is 270 g/mol. The summed E-state index contributed by atoms with van der Waals surface area (Å²) in [6, 6.07) is 7.96. The van der Waals surface area contributed by atoms with Crippen LogP contribution in [0.3, 0.4) is 0 Å². The molecule has 0 spiro atoms. The van der Waals surface area contributed by atoms with E-state index in [-0.39, 0.29) is 17.9 Å².